The summed E-state index contributed by atoms with van der Waals surface area (Å²) < 4.78 is 2.63. The topological polar surface area (TPSA) is 80.3 Å². The number of rotatable bonds is 5. The van der Waals surface area contributed by atoms with Gasteiger partial charge in [-0.15, -0.1) is 0 Å². The molecule has 0 unspecified atom stereocenters. The zero-order chi connectivity index (χ0) is 15.5. The maximum atomic E-state index is 6.08. The van der Waals surface area contributed by atoms with Crippen LogP contribution in [0.15, 0.2) is 41.0 Å². The highest BCUT2D eigenvalue weighted by Crippen LogP contribution is 2.28. The van der Waals surface area contributed by atoms with Crippen LogP contribution in [0, 0.1) is 0 Å². The van der Waals surface area contributed by atoms with Gasteiger partial charge in [-0.3, -0.25) is 0 Å². The highest BCUT2D eigenvalue weighted by molar-refractivity contribution is 9.10. The number of nitrogens with zero attached hydrogens (tertiary/aromatic N) is 3. The summed E-state index contributed by atoms with van der Waals surface area (Å²) in [5, 5.41) is 10.8. The van der Waals surface area contributed by atoms with Gasteiger partial charge in [-0.25, -0.2) is 4.98 Å². The van der Waals surface area contributed by atoms with Crippen molar-refractivity contribution >= 4 is 33.1 Å². The minimum absolute atomic E-state index is 0.705. The summed E-state index contributed by atoms with van der Waals surface area (Å²) in [7, 11) is 1.92. The molecule has 3 rings (SSSR count). The van der Waals surface area contributed by atoms with Gasteiger partial charge < -0.3 is 16.4 Å². The van der Waals surface area contributed by atoms with Gasteiger partial charge in [-0.2, -0.15) is 9.61 Å². The Balaban J connectivity index is 2.11. The van der Waals surface area contributed by atoms with Gasteiger partial charge in [-0.05, 0) is 29.0 Å². The molecule has 0 fully saturated rings. The number of nitrogen functional groups attached to an aromatic ring is 1. The van der Waals surface area contributed by atoms with Gasteiger partial charge in [0.25, 0.3) is 0 Å². The molecule has 4 N–H and O–H groups in total. The molecule has 6 nitrogen and oxygen atoms in total. The van der Waals surface area contributed by atoms with E-state index in [1.54, 1.807) is 10.7 Å². The molecule has 114 valence electrons. The fourth-order valence-corrected chi connectivity index (χ4v) is 2.59. The van der Waals surface area contributed by atoms with Crippen LogP contribution in [0.1, 0.15) is 0 Å². The number of nitrogens with one attached hydrogen (secondary N) is 2. The fraction of sp³-hybridized carbons (Fsp3) is 0.200. The number of hydrogen-bond donors (Lipinski definition) is 3. The summed E-state index contributed by atoms with van der Waals surface area (Å²) in [4.78, 5) is 4.67. The molecule has 0 amide bonds. The number of para-hydroxylation sites is 1. The van der Waals surface area contributed by atoms with Crippen LogP contribution in [-0.2, 0) is 0 Å². The van der Waals surface area contributed by atoms with Gasteiger partial charge in [-0.1, -0.05) is 18.2 Å². The van der Waals surface area contributed by atoms with E-state index in [4.69, 9.17) is 5.73 Å². The molecule has 0 bridgehead atoms. The summed E-state index contributed by atoms with van der Waals surface area (Å²) in [6.07, 6.45) is 1.74. The Morgan fingerprint density at radius 1 is 1.27 bits per heavy atom. The molecule has 0 spiro atoms. The monoisotopic (exact) mass is 360 g/mol. The Morgan fingerprint density at radius 3 is 2.86 bits per heavy atom. The highest BCUT2D eigenvalue weighted by Gasteiger charge is 2.12. The second-order valence-corrected chi connectivity index (χ2v) is 5.73. The Bertz CT molecular complexity index is 798. The van der Waals surface area contributed by atoms with Crippen LogP contribution in [0.2, 0.25) is 0 Å². The largest absolute Gasteiger partial charge is 0.398 e. The third-order valence-corrected chi connectivity index (χ3v) is 3.91. The van der Waals surface area contributed by atoms with Gasteiger partial charge in [0.15, 0.2) is 5.65 Å². The van der Waals surface area contributed by atoms with Gasteiger partial charge in [0.2, 0.25) is 0 Å². The second kappa shape index (κ2) is 6.33. The number of hydrogen-bond acceptors (Lipinski definition) is 5. The molecule has 0 aliphatic heterocycles. The number of fused-ring (bicyclic) bond motifs is 1. The Morgan fingerprint density at radius 2 is 2.09 bits per heavy atom. The van der Waals surface area contributed by atoms with E-state index in [1.807, 2.05) is 37.4 Å². The standard InChI is InChI=1S/C15H17BrN6/c1-18-6-7-19-14-8-13(10-4-2-3-5-12(10)17)21-15-11(16)9-20-22(14)15/h2-5,8-9,18-19H,6-7,17H2,1H3. The maximum Gasteiger partial charge on any atom is 0.172 e. The zero-order valence-corrected chi connectivity index (χ0v) is 13.8. The van der Waals surface area contributed by atoms with E-state index in [1.165, 1.54) is 0 Å². The van der Waals surface area contributed by atoms with E-state index in [0.717, 1.165) is 40.3 Å². The van der Waals surface area contributed by atoms with Crippen molar-refractivity contribution in [1.82, 2.24) is 19.9 Å². The van der Waals surface area contributed by atoms with Gasteiger partial charge >= 0.3 is 0 Å². The zero-order valence-electron chi connectivity index (χ0n) is 12.2. The van der Waals surface area contributed by atoms with Crippen LogP contribution in [-0.4, -0.2) is 34.7 Å². The van der Waals surface area contributed by atoms with Crippen molar-refractivity contribution in [3.8, 4) is 11.3 Å². The molecule has 0 aliphatic carbocycles. The van der Waals surface area contributed by atoms with Crippen LogP contribution in [0.25, 0.3) is 16.9 Å². The van der Waals surface area contributed by atoms with E-state index in [0.29, 0.717) is 5.69 Å². The second-order valence-electron chi connectivity index (χ2n) is 4.87. The van der Waals surface area contributed by atoms with Crippen molar-refractivity contribution in [3.63, 3.8) is 0 Å². The van der Waals surface area contributed by atoms with Crippen LogP contribution in [0.4, 0.5) is 11.5 Å². The van der Waals surface area contributed by atoms with E-state index < -0.39 is 0 Å². The summed E-state index contributed by atoms with van der Waals surface area (Å²) in [5.41, 5.74) is 9.27. The molecule has 0 saturated carbocycles. The molecule has 2 aromatic heterocycles. The SMILES string of the molecule is CNCCNc1cc(-c2ccccc2N)nc2c(Br)cnn12. The first-order chi connectivity index (χ1) is 10.7. The van der Waals surface area contributed by atoms with Crippen molar-refractivity contribution in [2.75, 3.05) is 31.2 Å². The Hall–Kier alpha value is -2.12. The third kappa shape index (κ3) is 2.77. The molecule has 0 saturated heterocycles. The van der Waals surface area contributed by atoms with Gasteiger partial charge in [0.1, 0.15) is 5.82 Å². The summed E-state index contributed by atoms with van der Waals surface area (Å²) in [6.45, 7) is 1.64. The Labute approximate surface area is 136 Å². The normalized spacial score (nSPS) is 11.0. The summed E-state index contributed by atoms with van der Waals surface area (Å²) in [6, 6.07) is 9.68. The van der Waals surface area contributed by atoms with Gasteiger partial charge in [0, 0.05) is 30.4 Å². The molecule has 7 heteroatoms. The van der Waals surface area contributed by atoms with E-state index in [9.17, 15) is 0 Å². The molecule has 2 heterocycles. The predicted molar refractivity (Wildman–Crippen MR) is 93.0 cm³/mol. The lowest BCUT2D eigenvalue weighted by molar-refractivity contribution is 0.813. The van der Waals surface area contributed by atoms with E-state index >= 15 is 0 Å². The van der Waals surface area contributed by atoms with E-state index in [-0.39, 0.29) is 0 Å². The number of aromatic nitrogens is 3. The Kier molecular flexibility index (Phi) is 4.26. The van der Waals surface area contributed by atoms with Crippen molar-refractivity contribution in [1.29, 1.82) is 0 Å². The first-order valence-electron chi connectivity index (χ1n) is 6.98. The molecule has 0 aliphatic rings. The maximum absolute atomic E-state index is 6.08. The number of anilines is 2. The number of benzene rings is 1. The minimum Gasteiger partial charge on any atom is -0.398 e. The molecular formula is C15H17BrN6. The number of halogens is 1. The molecule has 22 heavy (non-hydrogen) atoms. The van der Waals surface area contributed by atoms with E-state index in [2.05, 4.69) is 36.6 Å². The van der Waals surface area contributed by atoms with Crippen molar-refractivity contribution in [3.05, 3.63) is 41.0 Å². The lowest BCUT2D eigenvalue weighted by atomic mass is 10.1. The number of likely N-dealkylation sites (N-methyl/N-ethyl adjacent to an activating group) is 1. The lowest BCUT2D eigenvalue weighted by Crippen LogP contribution is -2.19. The number of nitrogens with two attached hydrogens (primary N) is 1. The quantitative estimate of drug-likeness (QED) is 0.480. The first-order valence-corrected chi connectivity index (χ1v) is 7.77. The molecular weight excluding hydrogens is 344 g/mol. The van der Waals surface area contributed by atoms with Crippen LogP contribution in [0.3, 0.4) is 0 Å². The van der Waals surface area contributed by atoms with Crippen LogP contribution < -0.4 is 16.4 Å². The van der Waals surface area contributed by atoms with Crippen molar-refractivity contribution in [2.24, 2.45) is 0 Å². The average Bonchev–Trinajstić information content (AvgIpc) is 2.90. The first kappa shape index (κ1) is 14.8. The third-order valence-electron chi connectivity index (χ3n) is 3.35. The van der Waals surface area contributed by atoms with Crippen LogP contribution >= 0.6 is 15.9 Å². The molecule has 1 aromatic carbocycles. The highest BCUT2D eigenvalue weighted by atomic mass is 79.9. The van der Waals surface area contributed by atoms with Crippen molar-refractivity contribution < 1.29 is 0 Å². The lowest BCUT2D eigenvalue weighted by Gasteiger charge is -2.11. The summed E-state index contributed by atoms with van der Waals surface area (Å²) >= 11 is 3.49. The molecule has 0 atom stereocenters. The van der Waals surface area contributed by atoms with Crippen molar-refractivity contribution in [2.45, 2.75) is 0 Å². The predicted octanol–water partition coefficient (Wildman–Crippen LogP) is 2.37. The summed E-state index contributed by atoms with van der Waals surface area (Å²) in [5.74, 6) is 0.879. The average molecular weight is 361 g/mol. The van der Waals surface area contributed by atoms with Gasteiger partial charge in [0.05, 0.1) is 16.4 Å². The molecule has 0 radical (unpaired) electrons. The van der Waals surface area contributed by atoms with Crippen LogP contribution in [0.5, 0.6) is 0 Å². The minimum atomic E-state index is 0.705. The smallest absolute Gasteiger partial charge is 0.172 e. The molecule has 3 aromatic rings. The fourth-order valence-electron chi connectivity index (χ4n) is 2.25.